The van der Waals surface area contributed by atoms with Crippen molar-refractivity contribution in [3.8, 4) is 5.75 Å². The molecule has 3 aromatic rings. The lowest BCUT2D eigenvalue weighted by Crippen LogP contribution is -2.19. The van der Waals surface area contributed by atoms with E-state index in [0.717, 1.165) is 40.8 Å². The third-order valence-corrected chi connectivity index (χ3v) is 7.83. The zero-order valence-electron chi connectivity index (χ0n) is 15.7. The molecule has 0 saturated carbocycles. The molecule has 0 aliphatic heterocycles. The van der Waals surface area contributed by atoms with Crippen molar-refractivity contribution in [2.75, 3.05) is 12.9 Å². The van der Waals surface area contributed by atoms with Gasteiger partial charge in [-0.05, 0) is 51.3 Å². The van der Waals surface area contributed by atoms with Crippen LogP contribution in [0.4, 0.5) is 0 Å². The van der Waals surface area contributed by atoms with Crippen LogP contribution in [0.25, 0.3) is 0 Å². The van der Waals surface area contributed by atoms with E-state index in [1.807, 2.05) is 42.5 Å². The Morgan fingerprint density at radius 3 is 2.77 bits per heavy atom. The smallest absolute Gasteiger partial charge is 0.250 e. The highest BCUT2D eigenvalue weighted by atomic mass is 79.9. The summed E-state index contributed by atoms with van der Waals surface area (Å²) >= 11 is 13.9. The largest absolute Gasteiger partial charge is 0.496 e. The predicted molar refractivity (Wildman–Crippen MR) is 128 cm³/mol. The first-order chi connectivity index (χ1) is 14.5. The van der Waals surface area contributed by atoms with Gasteiger partial charge in [-0.25, -0.2) is 5.43 Å². The van der Waals surface area contributed by atoms with E-state index in [1.165, 1.54) is 23.1 Å². The monoisotopic (exact) mass is 542 g/mol. The number of nitrogens with one attached hydrogen (secondary N) is 1. The lowest BCUT2D eigenvalue weighted by Gasteiger charge is -2.03. The maximum absolute atomic E-state index is 12.0. The van der Waals surface area contributed by atoms with Gasteiger partial charge in [0, 0.05) is 10.8 Å². The lowest BCUT2D eigenvalue weighted by molar-refractivity contribution is -0.118. The van der Waals surface area contributed by atoms with Crippen LogP contribution in [-0.4, -0.2) is 35.2 Å². The Kier molecular flexibility index (Phi) is 9.01. The highest BCUT2D eigenvalue weighted by molar-refractivity contribution is 9.10. The zero-order chi connectivity index (χ0) is 21.3. The molecule has 1 heterocycles. The molecule has 0 aliphatic rings. The summed E-state index contributed by atoms with van der Waals surface area (Å²) in [6.45, 7) is 0. The second-order valence-corrected chi connectivity index (χ2v) is 10.4. The van der Waals surface area contributed by atoms with Crippen molar-refractivity contribution in [1.82, 2.24) is 15.6 Å². The number of carbonyl (C=O) groups excluding carboxylic acids is 1. The number of carbonyl (C=O) groups is 1. The van der Waals surface area contributed by atoms with Gasteiger partial charge in [-0.3, -0.25) is 4.79 Å². The van der Waals surface area contributed by atoms with E-state index in [4.69, 9.17) is 16.3 Å². The maximum Gasteiger partial charge on any atom is 0.250 e. The quantitative estimate of drug-likeness (QED) is 0.218. The number of ether oxygens (including phenoxy) is 1. The van der Waals surface area contributed by atoms with Gasteiger partial charge in [-0.15, -0.1) is 10.2 Å². The van der Waals surface area contributed by atoms with Crippen molar-refractivity contribution in [2.24, 2.45) is 5.10 Å². The molecule has 0 radical (unpaired) electrons. The number of methoxy groups -OCH3 is 1. The third kappa shape index (κ3) is 6.98. The molecule has 30 heavy (non-hydrogen) atoms. The zero-order valence-corrected chi connectivity index (χ0v) is 20.5. The molecule has 1 N–H and O–H groups in total. The van der Waals surface area contributed by atoms with Gasteiger partial charge in [-0.1, -0.05) is 64.7 Å². The highest BCUT2D eigenvalue weighted by Crippen LogP contribution is 2.32. The van der Waals surface area contributed by atoms with Crippen molar-refractivity contribution < 1.29 is 9.53 Å². The van der Waals surface area contributed by atoms with Crippen LogP contribution in [0.2, 0.25) is 5.02 Å². The van der Waals surface area contributed by atoms with Crippen molar-refractivity contribution in [3.63, 3.8) is 0 Å². The molecule has 0 fully saturated rings. The summed E-state index contributed by atoms with van der Waals surface area (Å²) in [6, 6.07) is 13.2. The molecule has 3 rings (SSSR count). The van der Waals surface area contributed by atoms with E-state index in [0.29, 0.717) is 0 Å². The van der Waals surface area contributed by atoms with Crippen molar-refractivity contribution in [3.05, 3.63) is 63.1 Å². The van der Waals surface area contributed by atoms with Gasteiger partial charge in [0.2, 0.25) is 0 Å². The van der Waals surface area contributed by atoms with E-state index < -0.39 is 0 Å². The minimum Gasteiger partial charge on any atom is -0.496 e. The number of thioether (sulfide) groups is 2. The summed E-state index contributed by atoms with van der Waals surface area (Å²) < 4.78 is 7.56. The van der Waals surface area contributed by atoms with E-state index in [9.17, 15) is 4.79 Å². The van der Waals surface area contributed by atoms with Gasteiger partial charge in [0.25, 0.3) is 5.91 Å². The van der Waals surface area contributed by atoms with E-state index in [1.54, 1.807) is 25.1 Å². The number of nitrogens with zero attached hydrogens (tertiary/aromatic N) is 3. The lowest BCUT2D eigenvalue weighted by atomic mass is 10.2. The van der Waals surface area contributed by atoms with Crippen molar-refractivity contribution >= 4 is 74.5 Å². The van der Waals surface area contributed by atoms with Gasteiger partial charge >= 0.3 is 0 Å². The summed E-state index contributed by atoms with van der Waals surface area (Å²) in [7, 11) is 1.60. The van der Waals surface area contributed by atoms with Crippen LogP contribution in [0.5, 0.6) is 5.75 Å². The van der Waals surface area contributed by atoms with Crippen molar-refractivity contribution in [2.45, 2.75) is 14.4 Å². The Morgan fingerprint density at radius 2 is 2.03 bits per heavy atom. The number of benzene rings is 2. The molecule has 0 aliphatic carbocycles. The molecular formula is C19H16BrClN4O2S3. The van der Waals surface area contributed by atoms with Crippen LogP contribution in [0.1, 0.15) is 11.1 Å². The highest BCUT2D eigenvalue weighted by Gasteiger charge is 2.09. The number of rotatable bonds is 9. The average molecular weight is 544 g/mol. The van der Waals surface area contributed by atoms with Gasteiger partial charge < -0.3 is 4.74 Å². The SMILES string of the molecule is COc1ccc(/C=N\NC(=O)CSc2nnc(SCc3ccccc3Cl)s2)cc1Br. The van der Waals surface area contributed by atoms with Crippen LogP contribution >= 0.6 is 62.4 Å². The fraction of sp³-hybridized carbons (Fsp3) is 0.158. The second kappa shape index (κ2) is 11.7. The number of aromatic nitrogens is 2. The van der Waals surface area contributed by atoms with E-state index >= 15 is 0 Å². The summed E-state index contributed by atoms with van der Waals surface area (Å²) in [6.07, 6.45) is 1.57. The topological polar surface area (TPSA) is 76.5 Å². The molecule has 156 valence electrons. The van der Waals surface area contributed by atoms with Crippen LogP contribution in [0.15, 0.2) is 60.7 Å². The Balaban J connectivity index is 1.43. The first-order valence-corrected chi connectivity index (χ1v) is 12.5. The number of hydrogen-bond donors (Lipinski definition) is 1. The third-order valence-electron chi connectivity index (χ3n) is 3.60. The van der Waals surface area contributed by atoms with E-state index in [-0.39, 0.29) is 11.7 Å². The summed E-state index contributed by atoms with van der Waals surface area (Å²) in [4.78, 5) is 12.0. The van der Waals surface area contributed by atoms with E-state index in [2.05, 4.69) is 36.7 Å². The minimum atomic E-state index is -0.218. The number of amides is 1. The Labute approximate surface area is 200 Å². The van der Waals surface area contributed by atoms with Crippen LogP contribution < -0.4 is 10.2 Å². The maximum atomic E-state index is 12.0. The normalized spacial score (nSPS) is 11.0. The summed E-state index contributed by atoms with van der Waals surface area (Å²) in [5.74, 6) is 1.43. The molecule has 0 atom stereocenters. The van der Waals surface area contributed by atoms with Crippen LogP contribution in [-0.2, 0) is 10.5 Å². The Morgan fingerprint density at radius 1 is 1.27 bits per heavy atom. The fourth-order valence-corrected chi connectivity index (χ4v) is 5.83. The standard InChI is InChI=1S/C19H16BrClN4O2S3/c1-27-16-7-6-12(8-14(16)20)9-22-23-17(26)11-29-19-25-24-18(30-19)28-10-13-4-2-3-5-15(13)21/h2-9H,10-11H2,1H3,(H,23,26)/b22-9-. The first kappa shape index (κ1) is 23.1. The molecule has 0 unspecified atom stereocenters. The summed E-state index contributed by atoms with van der Waals surface area (Å²) in [5.41, 5.74) is 4.39. The second-order valence-electron chi connectivity index (χ2n) is 5.69. The minimum absolute atomic E-state index is 0.202. The molecule has 6 nitrogen and oxygen atoms in total. The molecule has 0 spiro atoms. The molecule has 0 saturated heterocycles. The Hall–Kier alpha value is -1.59. The van der Waals surface area contributed by atoms with Gasteiger partial charge in [0.15, 0.2) is 8.68 Å². The number of halogens is 2. The van der Waals surface area contributed by atoms with Gasteiger partial charge in [-0.2, -0.15) is 5.10 Å². The fourth-order valence-electron chi connectivity index (χ4n) is 2.17. The predicted octanol–water partition coefficient (Wildman–Crippen LogP) is 5.50. The number of hydrogen-bond acceptors (Lipinski definition) is 8. The van der Waals surface area contributed by atoms with Gasteiger partial charge in [0.1, 0.15) is 5.75 Å². The van der Waals surface area contributed by atoms with Crippen LogP contribution in [0, 0.1) is 0 Å². The first-order valence-electron chi connectivity index (χ1n) is 8.53. The van der Waals surface area contributed by atoms with Gasteiger partial charge in [0.05, 0.1) is 23.5 Å². The molecule has 1 aromatic heterocycles. The molecule has 1 amide bonds. The molecule has 2 aromatic carbocycles. The Bertz CT molecular complexity index is 1050. The molecule has 0 bridgehead atoms. The summed E-state index contributed by atoms with van der Waals surface area (Å²) in [5, 5.41) is 13.0. The molecule has 11 heteroatoms. The van der Waals surface area contributed by atoms with Crippen molar-refractivity contribution in [1.29, 1.82) is 0 Å². The average Bonchev–Trinajstić information content (AvgIpc) is 3.20. The molecular weight excluding hydrogens is 528 g/mol. The van der Waals surface area contributed by atoms with Crippen LogP contribution in [0.3, 0.4) is 0 Å². The number of hydrazone groups is 1.